The first-order valence-corrected chi connectivity index (χ1v) is 30.6. The molecule has 0 radical (unpaired) electrons. The molecule has 2 aliphatic carbocycles. The molecular weight excluding hydrogens is 1160 g/mol. The molecule has 0 heterocycles. The minimum atomic E-state index is 0. The van der Waals surface area contributed by atoms with E-state index in [-0.39, 0.29) is 22.3 Å². The molecule has 0 saturated carbocycles. The number of nitrogens with zero attached hydrogens (tertiary/aromatic N) is 4. The first kappa shape index (κ1) is 72.3. The Hall–Kier alpha value is -11.8. The van der Waals surface area contributed by atoms with E-state index < -0.39 is 0 Å². The fourth-order valence-electron chi connectivity index (χ4n) is 9.10. The number of hydrogen-bond donors (Lipinski definition) is 8. The zero-order valence-electron chi connectivity index (χ0n) is 53.5. The van der Waals surface area contributed by atoms with Gasteiger partial charge in [-0.1, -0.05) is 93.1 Å². The Labute approximate surface area is 565 Å². The monoisotopic (exact) mass is 1260 g/mol. The molecule has 95 heavy (non-hydrogen) atoms. The van der Waals surface area contributed by atoms with Gasteiger partial charge in [-0.2, -0.15) is 0 Å². The Morgan fingerprint density at radius 3 is 0.474 bits per heavy atom. The number of aliphatic imine (C=N–C) groups is 4. The smallest absolute Gasteiger partial charge is 0.0638 e. The Morgan fingerprint density at radius 2 is 0.305 bits per heavy atom. The van der Waals surface area contributed by atoms with E-state index in [1.165, 1.54) is 22.3 Å². The molecular formula is C83H92N12. The molecule has 0 bridgehead atoms. The summed E-state index contributed by atoms with van der Waals surface area (Å²) in [5, 5.41) is 25.9. The van der Waals surface area contributed by atoms with Gasteiger partial charge >= 0.3 is 0 Å². The summed E-state index contributed by atoms with van der Waals surface area (Å²) < 4.78 is 0. The van der Waals surface area contributed by atoms with Gasteiger partial charge in [-0.15, -0.1) is 0 Å². The maximum absolute atomic E-state index is 4.69. The van der Waals surface area contributed by atoms with Crippen molar-refractivity contribution in [3.8, 4) is 0 Å². The van der Waals surface area contributed by atoms with Crippen LogP contribution in [0.25, 0.3) is 0 Å². The molecule has 0 unspecified atom stereocenters. The van der Waals surface area contributed by atoms with E-state index in [0.29, 0.717) is 0 Å². The molecule has 12 heteroatoms. The highest BCUT2D eigenvalue weighted by molar-refractivity contribution is 6.20. The third-order valence-electron chi connectivity index (χ3n) is 14.5. The van der Waals surface area contributed by atoms with Crippen LogP contribution in [-0.2, 0) is 0 Å². The molecule has 2 aliphatic rings. The number of benzene rings is 10. The topological polar surface area (TPSA) is 146 Å². The zero-order valence-corrected chi connectivity index (χ0v) is 53.5. The molecule has 0 amide bonds. The average Bonchev–Trinajstić information content (AvgIpc) is 1.32. The molecule has 10 aromatic carbocycles. The maximum Gasteiger partial charge on any atom is 0.0638 e. The van der Waals surface area contributed by atoms with E-state index in [4.69, 9.17) is 9.98 Å². The highest BCUT2D eigenvalue weighted by atomic mass is 14.9. The van der Waals surface area contributed by atoms with Gasteiger partial charge in [0.25, 0.3) is 0 Å². The minimum Gasteiger partial charge on any atom is -0.388 e. The molecule has 12 nitrogen and oxygen atoms in total. The van der Waals surface area contributed by atoms with E-state index in [0.717, 1.165) is 114 Å². The number of anilines is 12. The molecule has 0 atom stereocenters. The second-order valence-corrected chi connectivity index (χ2v) is 21.8. The lowest BCUT2D eigenvalue weighted by Crippen LogP contribution is -1.99. The molecule has 0 aromatic heterocycles. The van der Waals surface area contributed by atoms with E-state index in [1.54, 1.807) is 0 Å². The molecule has 10 aromatic rings. The molecule has 0 spiro atoms. The van der Waals surface area contributed by atoms with Crippen LogP contribution < -0.4 is 42.5 Å². The van der Waals surface area contributed by atoms with E-state index >= 15 is 0 Å². The van der Waals surface area contributed by atoms with Gasteiger partial charge in [-0.25, -0.2) is 20.0 Å². The second-order valence-electron chi connectivity index (χ2n) is 21.8. The quantitative estimate of drug-likeness (QED) is 0.0447. The van der Waals surface area contributed by atoms with Gasteiger partial charge in [0.15, 0.2) is 0 Å². The maximum atomic E-state index is 4.69. The third-order valence-corrected chi connectivity index (χ3v) is 14.5. The minimum absolute atomic E-state index is 0. The Morgan fingerprint density at radius 1 is 0.179 bits per heavy atom. The Kier molecular flexibility index (Phi) is 28.6. The Balaban J connectivity index is 0.000000207. The first-order chi connectivity index (χ1) is 44.9. The first-order valence-electron chi connectivity index (χ1n) is 30.6. The van der Waals surface area contributed by atoms with Gasteiger partial charge in [-0.3, -0.25) is 0 Å². The van der Waals surface area contributed by atoms with Gasteiger partial charge in [0.1, 0.15) is 0 Å². The van der Waals surface area contributed by atoms with Crippen molar-refractivity contribution >= 4 is 114 Å². The second kappa shape index (κ2) is 37.5. The lowest BCUT2D eigenvalue weighted by atomic mass is 10.1. The number of nitrogens with one attached hydrogen (secondary N) is 8. The van der Waals surface area contributed by atoms with Crippen LogP contribution in [-0.4, -0.2) is 51.0 Å². The van der Waals surface area contributed by atoms with Crippen molar-refractivity contribution in [3.63, 3.8) is 0 Å². The number of hydrogen-bond acceptors (Lipinski definition) is 12. The van der Waals surface area contributed by atoms with Crippen LogP contribution in [0.15, 0.2) is 311 Å². The van der Waals surface area contributed by atoms with Gasteiger partial charge in [0, 0.05) is 96.4 Å². The fourth-order valence-corrected chi connectivity index (χ4v) is 9.10. The van der Waals surface area contributed by atoms with Crippen molar-refractivity contribution in [1.29, 1.82) is 0 Å². The molecule has 0 fully saturated rings. The van der Waals surface area contributed by atoms with Gasteiger partial charge in [0.2, 0.25) is 0 Å². The van der Waals surface area contributed by atoms with Crippen LogP contribution in [0, 0.1) is 27.7 Å². The summed E-state index contributed by atoms with van der Waals surface area (Å²) in [5.41, 5.74) is 25.4. The van der Waals surface area contributed by atoms with Gasteiger partial charge < -0.3 is 42.5 Å². The van der Waals surface area contributed by atoms with Crippen LogP contribution in [0.3, 0.4) is 0 Å². The number of rotatable bonds is 16. The predicted octanol–water partition coefficient (Wildman–Crippen LogP) is 23.0. The highest BCUT2D eigenvalue weighted by Gasteiger charge is 2.05. The zero-order chi connectivity index (χ0) is 64.3. The lowest BCUT2D eigenvalue weighted by Gasteiger charge is -2.08. The normalized spacial score (nSPS) is 11.3. The predicted molar refractivity (Wildman–Crippen MR) is 420 cm³/mol. The van der Waals surface area contributed by atoms with Crippen molar-refractivity contribution in [2.75, 3.05) is 70.7 Å². The summed E-state index contributed by atoms with van der Waals surface area (Å²) in [5.74, 6) is 0. The Bertz CT molecular complexity index is 3870. The van der Waals surface area contributed by atoms with Gasteiger partial charge in [-0.05, 0) is 270 Å². The standard InChI is InChI=1S/2C26H24N4.2C14H16N2.3CH4/c2*1-19-3-5-21(6-4-19)28-23-11-13-25(14-12-23)30-26-17-15-24(16-18-26)29-22-9-7-20(27-2)8-10-22;2*1-11-3-5-13(6-4-11)16-14-9-7-12(15-2)8-10-14;;;/h2*3-18,27,29H,1-2H3;2*3-10,15-16H,1-2H3;3*1H4. The largest absolute Gasteiger partial charge is 0.388 e. The molecule has 0 saturated heterocycles. The van der Waals surface area contributed by atoms with Crippen molar-refractivity contribution < 1.29 is 0 Å². The van der Waals surface area contributed by atoms with Crippen molar-refractivity contribution in [2.24, 2.45) is 20.0 Å². The average molecular weight is 1260 g/mol. The summed E-state index contributed by atoms with van der Waals surface area (Å²) in [6, 6.07) is 82.1. The summed E-state index contributed by atoms with van der Waals surface area (Å²) in [7, 11) is 7.67. The third kappa shape index (κ3) is 24.1. The summed E-state index contributed by atoms with van der Waals surface area (Å²) >= 11 is 0. The highest BCUT2D eigenvalue weighted by Crippen LogP contribution is 2.26. The van der Waals surface area contributed by atoms with Crippen LogP contribution in [0.2, 0.25) is 0 Å². The lowest BCUT2D eigenvalue weighted by molar-refractivity contribution is 1.43. The fraction of sp³-hybridized carbons (Fsp3) is 0.133. The summed E-state index contributed by atoms with van der Waals surface area (Å²) in [6.07, 6.45) is 15.9. The van der Waals surface area contributed by atoms with E-state index in [9.17, 15) is 0 Å². The summed E-state index contributed by atoms with van der Waals surface area (Å²) in [6.45, 7) is 8.32. The van der Waals surface area contributed by atoms with E-state index in [2.05, 4.69) is 202 Å². The van der Waals surface area contributed by atoms with Crippen LogP contribution >= 0.6 is 0 Å². The summed E-state index contributed by atoms with van der Waals surface area (Å²) in [4.78, 5) is 18.7. The van der Waals surface area contributed by atoms with Crippen molar-refractivity contribution in [1.82, 2.24) is 0 Å². The number of allylic oxidation sites excluding steroid dienone is 8. The molecule has 12 rings (SSSR count). The van der Waals surface area contributed by atoms with E-state index in [1.807, 2.05) is 198 Å². The number of aryl methyl sites for hydroxylation is 4. The van der Waals surface area contributed by atoms with Crippen molar-refractivity contribution in [2.45, 2.75) is 50.0 Å². The van der Waals surface area contributed by atoms with Crippen LogP contribution in [0.4, 0.5) is 91.0 Å². The SMILES string of the molecule is C.C.C.CNc1ccc(Nc2ccc(C)cc2)cc1.CNc1ccc(Nc2ccc(C)cc2)cc1.CNc1ccc(Nc2ccc(N=C3C=CC(=Nc4ccc(C)cc4)C=C3)cc2)cc1.CNc1ccc(Nc2ccc(N=C3C=CC(=Nc4ccc(C)cc4)C=C3)cc2)cc1. The van der Waals surface area contributed by atoms with Crippen LogP contribution in [0.1, 0.15) is 44.5 Å². The molecule has 484 valence electrons. The molecule has 8 N–H and O–H groups in total. The van der Waals surface area contributed by atoms with Gasteiger partial charge in [0.05, 0.1) is 45.6 Å². The van der Waals surface area contributed by atoms with Crippen molar-refractivity contribution in [3.05, 3.63) is 314 Å². The molecule has 0 aliphatic heterocycles. The van der Waals surface area contributed by atoms with Crippen LogP contribution in [0.5, 0.6) is 0 Å².